The van der Waals surface area contributed by atoms with E-state index < -0.39 is 0 Å². The maximum absolute atomic E-state index is 12.4. The second kappa shape index (κ2) is 10.2. The molecule has 0 spiro atoms. The molecule has 3 rings (SSSR count). The molecule has 0 bridgehead atoms. The van der Waals surface area contributed by atoms with Gasteiger partial charge in [0.1, 0.15) is 0 Å². The molecule has 1 amide bonds. The van der Waals surface area contributed by atoms with Gasteiger partial charge in [0.25, 0.3) is 0 Å². The summed E-state index contributed by atoms with van der Waals surface area (Å²) in [5.74, 6) is 0.765. The van der Waals surface area contributed by atoms with E-state index in [9.17, 15) is 4.79 Å². The van der Waals surface area contributed by atoms with Gasteiger partial charge >= 0.3 is 0 Å². The van der Waals surface area contributed by atoms with Crippen LogP contribution >= 0.6 is 0 Å². The summed E-state index contributed by atoms with van der Waals surface area (Å²) in [7, 11) is 2.26. The Labute approximate surface area is 169 Å². The minimum atomic E-state index is -0.0862. The lowest BCUT2D eigenvalue weighted by atomic mass is 9.88. The van der Waals surface area contributed by atoms with Gasteiger partial charge in [0.15, 0.2) is 0 Å². The summed E-state index contributed by atoms with van der Waals surface area (Å²) in [6.45, 7) is 3.51. The lowest BCUT2D eigenvalue weighted by Crippen LogP contribution is -2.40. The van der Waals surface area contributed by atoms with Crippen LogP contribution in [0.1, 0.15) is 43.7 Å². The van der Waals surface area contributed by atoms with Gasteiger partial charge in [-0.15, -0.1) is 0 Å². The van der Waals surface area contributed by atoms with Crippen LogP contribution in [0.3, 0.4) is 0 Å². The Morgan fingerprint density at radius 1 is 1.11 bits per heavy atom. The third-order valence-electron chi connectivity index (χ3n) is 5.90. The quantitative estimate of drug-likeness (QED) is 0.657. The first-order valence-corrected chi connectivity index (χ1v) is 10.5. The molecular formula is C25H32N2O. The SMILES string of the molecule is CCC1CCC(CCc2ccccc2NC(=O)C=Cc2ccccc2)N(C)C1. The number of benzene rings is 2. The van der Waals surface area contributed by atoms with Crippen LogP contribution < -0.4 is 5.32 Å². The number of para-hydroxylation sites is 1. The van der Waals surface area contributed by atoms with Crippen molar-refractivity contribution in [2.24, 2.45) is 5.92 Å². The summed E-state index contributed by atoms with van der Waals surface area (Å²) in [6, 6.07) is 18.7. The van der Waals surface area contributed by atoms with E-state index in [1.807, 2.05) is 48.5 Å². The third-order valence-corrected chi connectivity index (χ3v) is 5.90. The number of likely N-dealkylation sites (tertiary alicyclic amines) is 1. The fourth-order valence-electron chi connectivity index (χ4n) is 4.09. The summed E-state index contributed by atoms with van der Waals surface area (Å²) in [4.78, 5) is 14.9. The fourth-order valence-corrected chi connectivity index (χ4v) is 4.09. The lowest BCUT2D eigenvalue weighted by Gasteiger charge is -2.37. The van der Waals surface area contributed by atoms with Crippen molar-refractivity contribution in [2.45, 2.75) is 45.1 Å². The van der Waals surface area contributed by atoms with Crippen LogP contribution in [0.4, 0.5) is 5.69 Å². The van der Waals surface area contributed by atoms with Gasteiger partial charge in [0, 0.05) is 24.4 Å². The Hall–Kier alpha value is -2.39. The zero-order valence-corrected chi connectivity index (χ0v) is 17.1. The van der Waals surface area contributed by atoms with E-state index in [0.29, 0.717) is 6.04 Å². The molecule has 1 aliphatic heterocycles. The summed E-state index contributed by atoms with van der Waals surface area (Å²) in [6.07, 6.45) is 9.48. The molecule has 28 heavy (non-hydrogen) atoms. The molecule has 0 aromatic heterocycles. The average molecular weight is 377 g/mol. The highest BCUT2D eigenvalue weighted by Gasteiger charge is 2.24. The van der Waals surface area contributed by atoms with E-state index in [0.717, 1.165) is 30.0 Å². The third kappa shape index (κ3) is 5.80. The van der Waals surface area contributed by atoms with E-state index in [-0.39, 0.29) is 5.91 Å². The van der Waals surface area contributed by atoms with Crippen LogP contribution in [0.25, 0.3) is 6.08 Å². The summed E-state index contributed by atoms with van der Waals surface area (Å²) < 4.78 is 0. The van der Waals surface area contributed by atoms with Crippen LogP contribution in [0.15, 0.2) is 60.7 Å². The van der Waals surface area contributed by atoms with Gasteiger partial charge in [-0.2, -0.15) is 0 Å². The van der Waals surface area contributed by atoms with Crippen molar-refractivity contribution in [1.82, 2.24) is 4.90 Å². The normalized spacial score (nSPS) is 20.4. The smallest absolute Gasteiger partial charge is 0.248 e. The molecule has 1 heterocycles. The number of carbonyl (C=O) groups is 1. The first-order valence-electron chi connectivity index (χ1n) is 10.5. The Morgan fingerprint density at radius 2 is 1.86 bits per heavy atom. The van der Waals surface area contributed by atoms with Gasteiger partial charge in [-0.3, -0.25) is 4.79 Å². The number of anilines is 1. The second-order valence-corrected chi connectivity index (χ2v) is 7.87. The summed E-state index contributed by atoms with van der Waals surface area (Å²) in [5, 5.41) is 3.06. The predicted molar refractivity (Wildman–Crippen MR) is 118 cm³/mol. The van der Waals surface area contributed by atoms with Crippen molar-refractivity contribution in [3.05, 3.63) is 71.8 Å². The number of hydrogen-bond donors (Lipinski definition) is 1. The lowest BCUT2D eigenvalue weighted by molar-refractivity contribution is -0.111. The molecule has 2 aromatic carbocycles. The van der Waals surface area contributed by atoms with Gasteiger partial charge in [0.05, 0.1) is 0 Å². The number of carbonyl (C=O) groups excluding carboxylic acids is 1. The zero-order chi connectivity index (χ0) is 19.8. The number of hydrogen-bond acceptors (Lipinski definition) is 2. The van der Waals surface area contributed by atoms with E-state index in [1.165, 1.54) is 31.4 Å². The van der Waals surface area contributed by atoms with E-state index >= 15 is 0 Å². The number of aryl methyl sites for hydroxylation is 1. The Kier molecular flexibility index (Phi) is 7.44. The molecule has 2 atom stereocenters. The highest BCUT2D eigenvalue weighted by Crippen LogP contribution is 2.27. The van der Waals surface area contributed by atoms with Gasteiger partial charge in [0.2, 0.25) is 5.91 Å². The van der Waals surface area contributed by atoms with Crippen molar-refractivity contribution >= 4 is 17.7 Å². The topological polar surface area (TPSA) is 32.3 Å². The number of nitrogens with zero attached hydrogens (tertiary/aromatic N) is 1. The highest BCUT2D eigenvalue weighted by atomic mass is 16.1. The molecular weight excluding hydrogens is 344 g/mol. The minimum absolute atomic E-state index is 0.0862. The molecule has 3 heteroatoms. The molecule has 1 aliphatic rings. The maximum Gasteiger partial charge on any atom is 0.248 e. The summed E-state index contributed by atoms with van der Waals surface area (Å²) in [5.41, 5.74) is 3.17. The highest BCUT2D eigenvalue weighted by molar-refractivity contribution is 6.02. The van der Waals surface area contributed by atoms with Crippen LogP contribution in [0.5, 0.6) is 0 Å². The minimum Gasteiger partial charge on any atom is -0.322 e. The Bertz CT molecular complexity index is 784. The molecule has 1 saturated heterocycles. The van der Waals surface area contributed by atoms with Gasteiger partial charge in [-0.05, 0) is 61.9 Å². The van der Waals surface area contributed by atoms with Gasteiger partial charge in [-0.25, -0.2) is 0 Å². The Balaban J connectivity index is 1.57. The number of piperidine rings is 1. The Morgan fingerprint density at radius 3 is 2.61 bits per heavy atom. The molecule has 0 radical (unpaired) electrons. The molecule has 0 aliphatic carbocycles. The van der Waals surface area contributed by atoms with E-state index in [4.69, 9.17) is 0 Å². The van der Waals surface area contributed by atoms with E-state index in [2.05, 4.69) is 36.3 Å². The molecule has 2 unspecified atom stereocenters. The number of amides is 1. The van der Waals surface area contributed by atoms with E-state index in [1.54, 1.807) is 6.08 Å². The van der Waals surface area contributed by atoms with Gasteiger partial charge in [-0.1, -0.05) is 61.9 Å². The predicted octanol–water partition coefficient (Wildman–Crippen LogP) is 5.39. The molecule has 3 nitrogen and oxygen atoms in total. The van der Waals surface area contributed by atoms with Crippen molar-refractivity contribution < 1.29 is 4.79 Å². The summed E-state index contributed by atoms with van der Waals surface area (Å²) >= 11 is 0. The molecule has 1 fully saturated rings. The molecule has 148 valence electrons. The second-order valence-electron chi connectivity index (χ2n) is 7.87. The van der Waals surface area contributed by atoms with Crippen molar-refractivity contribution in [3.63, 3.8) is 0 Å². The van der Waals surface area contributed by atoms with Crippen LogP contribution in [-0.2, 0) is 11.2 Å². The van der Waals surface area contributed by atoms with Crippen molar-refractivity contribution in [2.75, 3.05) is 18.9 Å². The largest absolute Gasteiger partial charge is 0.322 e. The zero-order valence-electron chi connectivity index (χ0n) is 17.1. The van der Waals surface area contributed by atoms with Crippen LogP contribution in [0, 0.1) is 5.92 Å². The van der Waals surface area contributed by atoms with Crippen LogP contribution in [0.2, 0.25) is 0 Å². The van der Waals surface area contributed by atoms with Crippen molar-refractivity contribution in [3.8, 4) is 0 Å². The number of nitrogens with one attached hydrogen (secondary N) is 1. The van der Waals surface area contributed by atoms with Crippen LogP contribution in [-0.4, -0.2) is 30.4 Å². The standard InChI is InChI=1S/C25H32N2O/c1-3-20-13-16-23(27(2)19-20)17-15-22-11-7-8-12-24(22)26-25(28)18-14-21-9-5-4-6-10-21/h4-12,14,18,20,23H,3,13,15-17,19H2,1-2H3,(H,26,28). The van der Waals surface area contributed by atoms with Crippen molar-refractivity contribution in [1.29, 1.82) is 0 Å². The molecule has 2 aromatic rings. The molecule has 0 saturated carbocycles. The van der Waals surface area contributed by atoms with Gasteiger partial charge < -0.3 is 10.2 Å². The monoisotopic (exact) mass is 376 g/mol. The maximum atomic E-state index is 12.4. The first-order chi connectivity index (χ1) is 13.7. The average Bonchev–Trinajstić information content (AvgIpc) is 2.73. The fraction of sp³-hybridized carbons (Fsp3) is 0.400. The molecule has 1 N–H and O–H groups in total. The first kappa shape index (κ1) is 20.3. The number of rotatable bonds is 7.